The molecule has 4 unspecified atom stereocenters. The van der Waals surface area contributed by atoms with Gasteiger partial charge in [-0.25, -0.2) is 0 Å². The van der Waals surface area contributed by atoms with Crippen LogP contribution in [0, 0.1) is 17.8 Å². The third-order valence-electron chi connectivity index (χ3n) is 3.59. The van der Waals surface area contributed by atoms with E-state index in [0.717, 1.165) is 24.7 Å². The van der Waals surface area contributed by atoms with Gasteiger partial charge in [0, 0.05) is 18.4 Å². The van der Waals surface area contributed by atoms with Crippen molar-refractivity contribution < 1.29 is 9.84 Å². The van der Waals surface area contributed by atoms with Crippen molar-refractivity contribution in [2.45, 2.75) is 39.2 Å². The van der Waals surface area contributed by atoms with Gasteiger partial charge in [-0.3, -0.25) is 0 Å². The molecule has 0 saturated heterocycles. The van der Waals surface area contributed by atoms with Crippen molar-refractivity contribution in [2.24, 2.45) is 17.8 Å². The molecule has 0 bridgehead atoms. The molecule has 0 aromatic rings. The molecule has 0 aromatic heterocycles. The Labute approximate surface area is 98.0 Å². The average Bonchev–Trinajstić information content (AvgIpc) is 2.24. The van der Waals surface area contributed by atoms with Gasteiger partial charge in [-0.05, 0) is 31.1 Å². The summed E-state index contributed by atoms with van der Waals surface area (Å²) in [6.45, 7) is 5.34. The fraction of sp³-hybridized carbons (Fsp3) is 1.00. The molecule has 1 aliphatic carbocycles. The first-order valence-corrected chi connectivity index (χ1v) is 6.49. The van der Waals surface area contributed by atoms with Crippen LogP contribution in [0.15, 0.2) is 0 Å². The number of hydrogen-bond acceptors (Lipinski definition) is 2. The van der Waals surface area contributed by atoms with Gasteiger partial charge in [0.15, 0.2) is 0 Å². The number of aliphatic hydroxyl groups excluding tert-OH is 1. The maximum Gasteiger partial charge on any atom is 0.0578 e. The summed E-state index contributed by atoms with van der Waals surface area (Å²) in [6, 6.07) is 0. The predicted octanol–water partition coefficient (Wildman–Crippen LogP) is 2.68. The topological polar surface area (TPSA) is 29.5 Å². The number of hydrogen-bond donors (Lipinski definition) is 1. The summed E-state index contributed by atoms with van der Waals surface area (Å²) in [5.41, 5.74) is 0. The number of halogens is 1. The van der Waals surface area contributed by atoms with Crippen LogP contribution < -0.4 is 0 Å². The van der Waals surface area contributed by atoms with Gasteiger partial charge >= 0.3 is 0 Å². The molecule has 0 radical (unpaired) electrons. The van der Waals surface area contributed by atoms with E-state index in [9.17, 15) is 0 Å². The summed E-state index contributed by atoms with van der Waals surface area (Å²) >= 11 is 5.70. The Morgan fingerprint density at radius 3 is 2.60 bits per heavy atom. The van der Waals surface area contributed by atoms with Crippen molar-refractivity contribution in [1.82, 2.24) is 0 Å². The first-order chi connectivity index (χ1) is 7.17. The Hall–Kier alpha value is 0.210. The smallest absolute Gasteiger partial charge is 0.0578 e. The van der Waals surface area contributed by atoms with E-state index in [1.54, 1.807) is 0 Å². The molecule has 0 aliphatic heterocycles. The van der Waals surface area contributed by atoms with Gasteiger partial charge in [0.05, 0.1) is 12.7 Å². The van der Waals surface area contributed by atoms with Crippen LogP contribution in [0.5, 0.6) is 0 Å². The highest BCUT2D eigenvalue weighted by molar-refractivity contribution is 6.18. The van der Waals surface area contributed by atoms with Gasteiger partial charge in [0.1, 0.15) is 0 Å². The van der Waals surface area contributed by atoms with Crippen molar-refractivity contribution in [1.29, 1.82) is 0 Å². The summed E-state index contributed by atoms with van der Waals surface area (Å²) in [5.74, 6) is 2.16. The number of aliphatic hydroxyl groups is 1. The van der Waals surface area contributed by atoms with Crippen LogP contribution in [0.3, 0.4) is 0 Å². The van der Waals surface area contributed by atoms with E-state index in [2.05, 4.69) is 13.8 Å². The Balaban J connectivity index is 2.22. The van der Waals surface area contributed by atoms with Crippen LogP contribution >= 0.6 is 11.6 Å². The van der Waals surface area contributed by atoms with Gasteiger partial charge in [-0.2, -0.15) is 0 Å². The predicted molar refractivity (Wildman–Crippen MR) is 63.2 cm³/mol. The quantitative estimate of drug-likeness (QED) is 0.742. The van der Waals surface area contributed by atoms with Crippen LogP contribution in [-0.4, -0.2) is 30.3 Å². The number of alkyl halides is 1. The molecular weight excluding hydrogens is 212 g/mol. The van der Waals surface area contributed by atoms with Crippen molar-refractivity contribution in [3.8, 4) is 0 Å². The van der Waals surface area contributed by atoms with E-state index in [0.29, 0.717) is 18.6 Å². The Morgan fingerprint density at radius 2 is 2.07 bits per heavy atom. The summed E-state index contributed by atoms with van der Waals surface area (Å²) in [4.78, 5) is 0. The molecule has 1 aliphatic rings. The van der Waals surface area contributed by atoms with E-state index in [1.165, 1.54) is 6.42 Å². The molecule has 4 atom stereocenters. The summed E-state index contributed by atoms with van der Waals surface area (Å²) in [5, 5.41) is 8.99. The second-order valence-corrected chi connectivity index (χ2v) is 5.23. The highest BCUT2D eigenvalue weighted by Crippen LogP contribution is 2.31. The fourth-order valence-corrected chi connectivity index (χ4v) is 2.25. The first kappa shape index (κ1) is 13.3. The van der Waals surface area contributed by atoms with Gasteiger partial charge < -0.3 is 9.84 Å². The standard InChI is InChI=1S/C12H23ClO2/c1-9-3-4-12(5-10(9)2)15-8-11(6-13)7-14/h9-12,14H,3-8H2,1-2H3. The average molecular weight is 235 g/mol. The molecule has 0 amide bonds. The third-order valence-corrected chi connectivity index (χ3v) is 4.03. The monoisotopic (exact) mass is 234 g/mol. The van der Waals surface area contributed by atoms with Gasteiger partial charge in [0.2, 0.25) is 0 Å². The van der Waals surface area contributed by atoms with Crippen molar-refractivity contribution in [2.75, 3.05) is 19.1 Å². The van der Waals surface area contributed by atoms with E-state index >= 15 is 0 Å². The Bertz CT molecular complexity index is 171. The van der Waals surface area contributed by atoms with Crippen LogP contribution in [0.2, 0.25) is 0 Å². The molecule has 0 aromatic carbocycles. The Morgan fingerprint density at radius 1 is 1.33 bits per heavy atom. The maximum absolute atomic E-state index is 8.99. The van der Waals surface area contributed by atoms with Gasteiger partial charge in [-0.1, -0.05) is 13.8 Å². The van der Waals surface area contributed by atoms with E-state index in [-0.39, 0.29) is 12.5 Å². The minimum absolute atomic E-state index is 0.0984. The second kappa shape index (κ2) is 6.72. The summed E-state index contributed by atoms with van der Waals surface area (Å²) in [7, 11) is 0. The zero-order chi connectivity index (χ0) is 11.3. The zero-order valence-corrected chi connectivity index (χ0v) is 10.5. The van der Waals surface area contributed by atoms with E-state index < -0.39 is 0 Å². The van der Waals surface area contributed by atoms with Crippen molar-refractivity contribution in [3.05, 3.63) is 0 Å². The largest absolute Gasteiger partial charge is 0.396 e. The molecular formula is C12H23ClO2. The molecule has 2 nitrogen and oxygen atoms in total. The van der Waals surface area contributed by atoms with Crippen molar-refractivity contribution >= 4 is 11.6 Å². The highest BCUT2D eigenvalue weighted by Gasteiger charge is 2.25. The lowest BCUT2D eigenvalue weighted by Crippen LogP contribution is -2.29. The number of ether oxygens (including phenoxy) is 1. The highest BCUT2D eigenvalue weighted by atomic mass is 35.5. The van der Waals surface area contributed by atoms with Crippen molar-refractivity contribution in [3.63, 3.8) is 0 Å². The van der Waals surface area contributed by atoms with E-state index in [4.69, 9.17) is 21.4 Å². The lowest BCUT2D eigenvalue weighted by atomic mass is 9.80. The third kappa shape index (κ3) is 4.29. The minimum Gasteiger partial charge on any atom is -0.396 e. The molecule has 0 spiro atoms. The maximum atomic E-state index is 8.99. The Kier molecular flexibility index (Phi) is 5.95. The molecule has 1 rings (SSSR count). The van der Waals surface area contributed by atoms with Gasteiger partial charge in [0.25, 0.3) is 0 Å². The minimum atomic E-state index is 0.0984. The molecule has 0 heterocycles. The molecule has 15 heavy (non-hydrogen) atoms. The first-order valence-electron chi connectivity index (χ1n) is 5.95. The van der Waals surface area contributed by atoms with Crippen LogP contribution in [-0.2, 0) is 4.74 Å². The normalized spacial score (nSPS) is 34.0. The molecule has 1 fully saturated rings. The SMILES string of the molecule is CC1CCC(OCC(CO)CCl)CC1C. The van der Waals surface area contributed by atoms with Crippen LogP contribution in [0.1, 0.15) is 33.1 Å². The lowest BCUT2D eigenvalue weighted by Gasteiger charge is -2.32. The van der Waals surface area contributed by atoms with Crippen LogP contribution in [0.4, 0.5) is 0 Å². The molecule has 90 valence electrons. The second-order valence-electron chi connectivity index (χ2n) is 4.93. The zero-order valence-electron chi connectivity index (χ0n) is 9.79. The molecule has 1 saturated carbocycles. The lowest BCUT2D eigenvalue weighted by molar-refractivity contribution is -0.0184. The fourth-order valence-electron chi connectivity index (χ4n) is 2.07. The molecule has 3 heteroatoms. The number of rotatable bonds is 5. The molecule has 1 N–H and O–H groups in total. The van der Waals surface area contributed by atoms with Crippen LogP contribution in [0.25, 0.3) is 0 Å². The van der Waals surface area contributed by atoms with E-state index in [1.807, 2.05) is 0 Å². The summed E-state index contributed by atoms with van der Waals surface area (Å²) < 4.78 is 5.80. The summed E-state index contributed by atoms with van der Waals surface area (Å²) in [6.07, 6.45) is 3.96. The van der Waals surface area contributed by atoms with Gasteiger partial charge in [-0.15, -0.1) is 11.6 Å².